The van der Waals surface area contributed by atoms with Gasteiger partial charge in [-0.1, -0.05) is 59.7 Å². The quantitative estimate of drug-likeness (QED) is 0.728. The Labute approximate surface area is 174 Å². The lowest BCUT2D eigenvalue weighted by Gasteiger charge is -2.37. The summed E-state index contributed by atoms with van der Waals surface area (Å²) in [4.78, 5) is 28.8. The van der Waals surface area contributed by atoms with Gasteiger partial charge in [-0.2, -0.15) is 0 Å². The smallest absolute Gasteiger partial charge is 0.321 e. The van der Waals surface area contributed by atoms with Crippen molar-refractivity contribution in [3.8, 4) is 11.4 Å². The van der Waals surface area contributed by atoms with Crippen molar-refractivity contribution in [3.05, 3.63) is 65.2 Å². The highest BCUT2D eigenvalue weighted by molar-refractivity contribution is 6.02. The van der Waals surface area contributed by atoms with Gasteiger partial charge in [-0.25, -0.2) is 4.79 Å². The number of likely N-dealkylation sites (N-methyl/N-ethyl adjacent to an activating group) is 1. The van der Waals surface area contributed by atoms with Crippen LogP contribution >= 0.6 is 0 Å². The number of nitrogens with one attached hydrogen (secondary N) is 1. The van der Waals surface area contributed by atoms with E-state index in [4.69, 9.17) is 0 Å². The number of aryl methyl sites for hydroxylation is 2. The first-order valence-corrected chi connectivity index (χ1v) is 9.86. The van der Waals surface area contributed by atoms with Crippen LogP contribution in [0, 0.1) is 13.8 Å². The van der Waals surface area contributed by atoms with E-state index >= 15 is 0 Å². The lowest BCUT2D eigenvalue weighted by Crippen LogP contribution is -2.61. The van der Waals surface area contributed by atoms with Gasteiger partial charge in [0.1, 0.15) is 6.17 Å². The summed E-state index contributed by atoms with van der Waals surface area (Å²) in [5.74, 6) is 0.897. The van der Waals surface area contributed by atoms with Crippen LogP contribution in [0.3, 0.4) is 0 Å². The number of carbonyl (C=O) groups is 2. The van der Waals surface area contributed by atoms with Crippen LogP contribution in [0.25, 0.3) is 11.4 Å². The average Bonchev–Trinajstić information content (AvgIpc) is 3.28. The largest absolute Gasteiger partial charge is 0.325 e. The lowest BCUT2D eigenvalue weighted by molar-refractivity contribution is -0.124. The van der Waals surface area contributed by atoms with Gasteiger partial charge in [0, 0.05) is 19.2 Å². The summed E-state index contributed by atoms with van der Waals surface area (Å²) in [6.07, 6.45) is -0.516. The van der Waals surface area contributed by atoms with E-state index in [-0.39, 0.29) is 5.91 Å². The van der Waals surface area contributed by atoms with Crippen LogP contribution in [0.5, 0.6) is 0 Å². The second kappa shape index (κ2) is 6.69. The molecule has 0 radical (unpaired) electrons. The minimum Gasteiger partial charge on any atom is -0.321 e. The fraction of sp³-hybridized carbons (Fsp3) is 0.273. The standard InChI is InChI=1S/C22H22N6O2/c1-13-4-8-15(9-5-13)12-27-17-19(29)23-22(30)26(3)20(17)28-18(24-25-21(27)28)16-10-6-14(2)7-11-16/h4-11,17,20H,12H2,1-3H3,(H,23,29,30). The van der Waals surface area contributed by atoms with Crippen LogP contribution in [-0.2, 0) is 11.3 Å². The maximum Gasteiger partial charge on any atom is 0.325 e. The number of aromatic nitrogens is 3. The Balaban J connectivity index is 1.63. The molecule has 3 heterocycles. The Hall–Kier alpha value is -3.68. The molecule has 1 aromatic heterocycles. The maximum absolute atomic E-state index is 12.9. The maximum atomic E-state index is 12.9. The molecule has 0 bridgehead atoms. The Kier molecular flexibility index (Phi) is 4.09. The van der Waals surface area contributed by atoms with Gasteiger partial charge in [-0.15, -0.1) is 10.2 Å². The fourth-order valence-corrected chi connectivity index (χ4v) is 4.16. The summed E-state index contributed by atoms with van der Waals surface area (Å²) >= 11 is 0. The number of fused-ring (bicyclic) bond motifs is 3. The van der Waals surface area contributed by atoms with E-state index < -0.39 is 18.2 Å². The van der Waals surface area contributed by atoms with Crippen molar-refractivity contribution >= 4 is 17.9 Å². The van der Waals surface area contributed by atoms with Gasteiger partial charge >= 0.3 is 6.03 Å². The number of benzene rings is 2. The SMILES string of the molecule is Cc1ccc(CN2c3nnc(-c4ccc(C)cc4)n3C3C2C(=O)NC(=O)N3C)cc1. The highest BCUT2D eigenvalue weighted by Gasteiger charge is 2.52. The Morgan fingerprint density at radius 2 is 1.57 bits per heavy atom. The van der Waals surface area contributed by atoms with Gasteiger partial charge in [0.05, 0.1) is 0 Å². The molecule has 30 heavy (non-hydrogen) atoms. The Morgan fingerprint density at radius 1 is 0.933 bits per heavy atom. The number of hydrogen-bond donors (Lipinski definition) is 1. The highest BCUT2D eigenvalue weighted by Crippen LogP contribution is 2.41. The first-order chi connectivity index (χ1) is 14.4. The molecule has 1 fully saturated rings. The number of rotatable bonds is 3. The number of urea groups is 1. The molecule has 2 aromatic carbocycles. The van der Waals surface area contributed by atoms with E-state index in [0.29, 0.717) is 18.3 Å². The van der Waals surface area contributed by atoms with Crippen molar-refractivity contribution in [1.29, 1.82) is 0 Å². The first-order valence-electron chi connectivity index (χ1n) is 9.86. The van der Waals surface area contributed by atoms with E-state index in [1.54, 1.807) is 11.9 Å². The predicted molar refractivity (Wildman–Crippen MR) is 112 cm³/mol. The molecule has 0 spiro atoms. The van der Waals surface area contributed by atoms with Crippen molar-refractivity contribution in [2.45, 2.75) is 32.6 Å². The lowest BCUT2D eigenvalue weighted by atomic mass is 10.1. The van der Waals surface area contributed by atoms with Gasteiger partial charge in [-0.05, 0) is 19.4 Å². The van der Waals surface area contributed by atoms with Crippen LogP contribution in [0.2, 0.25) is 0 Å². The zero-order chi connectivity index (χ0) is 21.0. The summed E-state index contributed by atoms with van der Waals surface area (Å²) < 4.78 is 1.90. The zero-order valence-electron chi connectivity index (χ0n) is 17.0. The monoisotopic (exact) mass is 402 g/mol. The van der Waals surface area contributed by atoms with E-state index in [1.807, 2.05) is 71.8 Å². The molecule has 3 amide bonds. The van der Waals surface area contributed by atoms with E-state index in [2.05, 4.69) is 15.5 Å². The molecule has 5 rings (SSSR count). The molecule has 2 aliphatic heterocycles. The van der Waals surface area contributed by atoms with E-state index in [9.17, 15) is 9.59 Å². The van der Waals surface area contributed by atoms with Crippen LogP contribution in [0.15, 0.2) is 48.5 Å². The molecule has 2 aliphatic rings. The summed E-state index contributed by atoms with van der Waals surface area (Å²) in [5, 5.41) is 11.3. The summed E-state index contributed by atoms with van der Waals surface area (Å²) in [5.41, 5.74) is 4.26. The highest BCUT2D eigenvalue weighted by atomic mass is 16.2. The molecule has 2 unspecified atom stereocenters. The summed E-state index contributed by atoms with van der Waals surface area (Å²) in [6.45, 7) is 4.55. The third-order valence-corrected chi connectivity index (χ3v) is 5.82. The molecule has 1 N–H and O–H groups in total. The summed E-state index contributed by atoms with van der Waals surface area (Å²) in [6, 6.07) is 15.1. The second-order valence-electron chi connectivity index (χ2n) is 7.94. The molecular formula is C22H22N6O2. The molecule has 3 aromatic rings. The second-order valence-corrected chi connectivity index (χ2v) is 7.94. The van der Waals surface area contributed by atoms with Crippen molar-refractivity contribution in [1.82, 2.24) is 25.0 Å². The topological polar surface area (TPSA) is 83.4 Å². The first kappa shape index (κ1) is 18.4. The van der Waals surface area contributed by atoms with Gasteiger partial charge in [-0.3, -0.25) is 14.7 Å². The number of imide groups is 1. The van der Waals surface area contributed by atoms with Crippen LogP contribution < -0.4 is 10.2 Å². The van der Waals surface area contributed by atoms with Crippen molar-refractivity contribution in [2.24, 2.45) is 0 Å². The minimum atomic E-state index is -0.580. The molecule has 8 nitrogen and oxygen atoms in total. The number of carbonyl (C=O) groups excluding carboxylic acids is 2. The predicted octanol–water partition coefficient (Wildman–Crippen LogP) is 2.63. The number of hydrogen-bond acceptors (Lipinski definition) is 5. The van der Waals surface area contributed by atoms with Crippen LogP contribution in [0.1, 0.15) is 22.9 Å². The molecule has 2 atom stereocenters. The molecular weight excluding hydrogens is 380 g/mol. The van der Waals surface area contributed by atoms with E-state index in [1.165, 1.54) is 5.56 Å². The minimum absolute atomic E-state index is 0.324. The number of amides is 3. The third kappa shape index (κ3) is 2.75. The van der Waals surface area contributed by atoms with Crippen molar-refractivity contribution < 1.29 is 9.59 Å². The molecule has 0 saturated carbocycles. The van der Waals surface area contributed by atoms with Crippen molar-refractivity contribution in [2.75, 3.05) is 11.9 Å². The third-order valence-electron chi connectivity index (χ3n) is 5.82. The van der Waals surface area contributed by atoms with Gasteiger partial charge in [0.15, 0.2) is 11.9 Å². The van der Waals surface area contributed by atoms with E-state index in [0.717, 1.165) is 16.7 Å². The number of nitrogens with zero attached hydrogens (tertiary/aromatic N) is 5. The van der Waals surface area contributed by atoms with Gasteiger partial charge in [0.2, 0.25) is 5.95 Å². The normalized spacial score (nSPS) is 20.2. The Morgan fingerprint density at radius 3 is 2.23 bits per heavy atom. The number of anilines is 1. The van der Waals surface area contributed by atoms with Gasteiger partial charge < -0.3 is 9.80 Å². The van der Waals surface area contributed by atoms with Crippen LogP contribution in [0.4, 0.5) is 10.7 Å². The average molecular weight is 402 g/mol. The van der Waals surface area contributed by atoms with Crippen molar-refractivity contribution in [3.63, 3.8) is 0 Å². The zero-order valence-corrected chi connectivity index (χ0v) is 17.0. The Bertz CT molecular complexity index is 1140. The fourth-order valence-electron chi connectivity index (χ4n) is 4.16. The molecule has 0 aliphatic carbocycles. The molecule has 152 valence electrons. The summed E-state index contributed by atoms with van der Waals surface area (Å²) in [7, 11) is 1.69. The van der Waals surface area contributed by atoms with Gasteiger partial charge in [0.25, 0.3) is 5.91 Å². The molecule has 1 saturated heterocycles. The van der Waals surface area contributed by atoms with Crippen LogP contribution in [-0.4, -0.2) is 44.7 Å². The molecule has 8 heteroatoms.